The molecule has 0 saturated heterocycles. The molecule has 0 unspecified atom stereocenters. The normalized spacial score (nSPS) is 11.5. The summed E-state index contributed by atoms with van der Waals surface area (Å²) in [4.78, 5) is 9.28. The summed E-state index contributed by atoms with van der Waals surface area (Å²) in [6, 6.07) is 47.8. The van der Waals surface area contributed by atoms with Gasteiger partial charge in [-0.2, -0.15) is 0 Å². The lowest BCUT2D eigenvalue weighted by molar-refractivity contribution is 1.33. The van der Waals surface area contributed by atoms with Gasteiger partial charge in [-0.1, -0.05) is 97.1 Å². The number of fused-ring (bicyclic) bond motifs is 5. The fourth-order valence-corrected chi connectivity index (χ4v) is 6.05. The molecule has 0 bridgehead atoms. The molecule has 0 amide bonds. The summed E-state index contributed by atoms with van der Waals surface area (Å²) >= 11 is 0. The number of benzene rings is 6. The smallest absolute Gasteiger partial charge is 0.0722 e. The standard InChI is InChI=1S/C38H24N2/c1-6-15-37-28(8-1)23-36-34-14-5-4-13-33(34)35(24-38(36)40-37)27-10-7-9-26(22-27)30-17-16-29(25-18-20-39-21-19-25)31-11-2-3-12-32(30)31/h1-24H. The minimum atomic E-state index is 1.02. The van der Waals surface area contributed by atoms with Crippen LogP contribution < -0.4 is 0 Å². The second-order valence-electron chi connectivity index (χ2n) is 10.2. The van der Waals surface area contributed by atoms with Crippen molar-refractivity contribution in [3.63, 3.8) is 0 Å². The van der Waals surface area contributed by atoms with Crippen molar-refractivity contribution in [3.8, 4) is 33.4 Å². The van der Waals surface area contributed by atoms with E-state index in [2.05, 4.69) is 138 Å². The maximum Gasteiger partial charge on any atom is 0.0722 e. The molecule has 0 saturated carbocycles. The van der Waals surface area contributed by atoms with Gasteiger partial charge in [-0.25, -0.2) is 4.98 Å². The third kappa shape index (κ3) is 3.65. The molecule has 2 heteroatoms. The largest absolute Gasteiger partial charge is 0.265 e. The lowest BCUT2D eigenvalue weighted by Crippen LogP contribution is -1.89. The lowest BCUT2D eigenvalue weighted by Gasteiger charge is -2.15. The van der Waals surface area contributed by atoms with Crippen molar-refractivity contribution in [2.24, 2.45) is 0 Å². The van der Waals surface area contributed by atoms with Crippen LogP contribution >= 0.6 is 0 Å². The van der Waals surface area contributed by atoms with E-state index in [1.807, 2.05) is 12.4 Å². The molecule has 40 heavy (non-hydrogen) atoms. The van der Waals surface area contributed by atoms with Gasteiger partial charge in [0.25, 0.3) is 0 Å². The summed E-state index contributed by atoms with van der Waals surface area (Å²) in [5.41, 5.74) is 9.25. The summed E-state index contributed by atoms with van der Waals surface area (Å²) < 4.78 is 0. The highest BCUT2D eigenvalue weighted by atomic mass is 14.7. The predicted octanol–water partition coefficient (Wildman–Crippen LogP) is 10.1. The first kappa shape index (κ1) is 22.6. The van der Waals surface area contributed by atoms with E-state index >= 15 is 0 Å². The Kier molecular flexibility index (Phi) is 5.17. The molecular formula is C38H24N2. The van der Waals surface area contributed by atoms with Crippen molar-refractivity contribution < 1.29 is 0 Å². The Bertz CT molecular complexity index is 2210. The minimum Gasteiger partial charge on any atom is -0.265 e. The third-order valence-electron chi connectivity index (χ3n) is 7.94. The summed E-state index contributed by atoms with van der Waals surface area (Å²) in [6.45, 7) is 0. The molecular weight excluding hydrogens is 484 g/mol. The first-order chi connectivity index (χ1) is 19.8. The van der Waals surface area contributed by atoms with E-state index in [-0.39, 0.29) is 0 Å². The van der Waals surface area contributed by atoms with Crippen molar-refractivity contribution in [1.82, 2.24) is 9.97 Å². The van der Waals surface area contributed by atoms with Crippen LogP contribution in [0.4, 0.5) is 0 Å². The van der Waals surface area contributed by atoms with E-state index in [0.717, 1.165) is 16.4 Å². The molecule has 0 aliphatic rings. The third-order valence-corrected chi connectivity index (χ3v) is 7.94. The van der Waals surface area contributed by atoms with Crippen molar-refractivity contribution in [1.29, 1.82) is 0 Å². The minimum absolute atomic E-state index is 1.02. The van der Waals surface area contributed by atoms with Gasteiger partial charge in [-0.15, -0.1) is 0 Å². The van der Waals surface area contributed by atoms with Gasteiger partial charge in [-0.05, 0) is 91.3 Å². The maximum atomic E-state index is 5.07. The average molecular weight is 509 g/mol. The highest BCUT2D eigenvalue weighted by Gasteiger charge is 2.13. The second kappa shape index (κ2) is 9.14. The number of pyridine rings is 2. The van der Waals surface area contributed by atoms with E-state index in [4.69, 9.17) is 4.98 Å². The molecule has 2 nitrogen and oxygen atoms in total. The summed E-state index contributed by atoms with van der Waals surface area (Å²) in [7, 11) is 0. The van der Waals surface area contributed by atoms with Gasteiger partial charge < -0.3 is 0 Å². The van der Waals surface area contributed by atoms with Crippen molar-refractivity contribution in [2.75, 3.05) is 0 Å². The molecule has 0 N–H and O–H groups in total. The molecule has 0 atom stereocenters. The number of nitrogens with zero attached hydrogens (tertiary/aromatic N) is 2. The van der Waals surface area contributed by atoms with Crippen LogP contribution in [0.5, 0.6) is 0 Å². The van der Waals surface area contributed by atoms with Crippen molar-refractivity contribution in [3.05, 3.63) is 146 Å². The molecule has 8 aromatic rings. The Morgan fingerprint density at radius 3 is 1.70 bits per heavy atom. The van der Waals surface area contributed by atoms with Gasteiger partial charge in [0.05, 0.1) is 11.0 Å². The van der Waals surface area contributed by atoms with Crippen LogP contribution in [0, 0.1) is 0 Å². The number of aromatic nitrogens is 2. The maximum absolute atomic E-state index is 5.07. The van der Waals surface area contributed by atoms with Crippen molar-refractivity contribution >= 4 is 43.4 Å². The SMILES string of the molecule is c1cc(-c2ccc(-c3ccncc3)c3ccccc23)cc(-c2cc3nc4ccccc4cc3c3ccccc23)c1. The molecule has 0 aliphatic carbocycles. The van der Waals surface area contributed by atoms with Crippen LogP contribution in [0.2, 0.25) is 0 Å². The lowest BCUT2D eigenvalue weighted by atomic mass is 9.90. The predicted molar refractivity (Wildman–Crippen MR) is 168 cm³/mol. The summed E-state index contributed by atoms with van der Waals surface area (Å²) in [5, 5.41) is 7.30. The molecule has 0 radical (unpaired) electrons. The Morgan fingerprint density at radius 1 is 0.350 bits per heavy atom. The number of para-hydroxylation sites is 1. The van der Waals surface area contributed by atoms with E-state index in [1.54, 1.807) is 0 Å². The van der Waals surface area contributed by atoms with Gasteiger partial charge in [0.1, 0.15) is 0 Å². The van der Waals surface area contributed by atoms with Crippen LogP contribution in [-0.2, 0) is 0 Å². The molecule has 2 heterocycles. The topological polar surface area (TPSA) is 25.8 Å². The average Bonchev–Trinajstić information content (AvgIpc) is 3.03. The quantitative estimate of drug-likeness (QED) is 0.175. The first-order valence-electron chi connectivity index (χ1n) is 13.6. The highest BCUT2D eigenvalue weighted by molar-refractivity contribution is 6.15. The number of hydrogen-bond acceptors (Lipinski definition) is 2. The Hall–Kier alpha value is -5.34. The molecule has 0 fully saturated rings. The van der Waals surface area contributed by atoms with E-state index in [9.17, 15) is 0 Å². The second-order valence-corrected chi connectivity index (χ2v) is 10.2. The van der Waals surface area contributed by atoms with Gasteiger partial charge in [-0.3, -0.25) is 4.98 Å². The highest BCUT2D eigenvalue weighted by Crippen LogP contribution is 2.39. The van der Waals surface area contributed by atoms with Crippen LogP contribution in [0.25, 0.3) is 76.7 Å². The molecule has 0 spiro atoms. The zero-order chi connectivity index (χ0) is 26.5. The van der Waals surface area contributed by atoms with Gasteiger partial charge >= 0.3 is 0 Å². The van der Waals surface area contributed by atoms with E-state index < -0.39 is 0 Å². The number of hydrogen-bond donors (Lipinski definition) is 0. The zero-order valence-corrected chi connectivity index (χ0v) is 21.8. The summed E-state index contributed by atoms with van der Waals surface area (Å²) in [6.07, 6.45) is 3.71. The van der Waals surface area contributed by atoms with Crippen molar-refractivity contribution in [2.45, 2.75) is 0 Å². The molecule has 6 aromatic carbocycles. The van der Waals surface area contributed by atoms with Gasteiger partial charge in [0.15, 0.2) is 0 Å². The fourth-order valence-electron chi connectivity index (χ4n) is 6.05. The Morgan fingerprint density at radius 2 is 0.950 bits per heavy atom. The van der Waals surface area contributed by atoms with Crippen LogP contribution in [0.3, 0.4) is 0 Å². The van der Waals surface area contributed by atoms with Crippen LogP contribution in [0.15, 0.2) is 146 Å². The first-order valence-corrected chi connectivity index (χ1v) is 13.6. The van der Waals surface area contributed by atoms with Crippen LogP contribution in [0.1, 0.15) is 0 Å². The monoisotopic (exact) mass is 508 g/mol. The van der Waals surface area contributed by atoms with Gasteiger partial charge in [0, 0.05) is 23.2 Å². The van der Waals surface area contributed by atoms with Crippen LogP contribution in [-0.4, -0.2) is 9.97 Å². The molecule has 186 valence electrons. The Balaban J connectivity index is 1.34. The fraction of sp³-hybridized carbons (Fsp3) is 0. The molecule has 0 aliphatic heterocycles. The summed E-state index contributed by atoms with van der Waals surface area (Å²) in [5.74, 6) is 0. The zero-order valence-electron chi connectivity index (χ0n) is 21.8. The number of rotatable bonds is 3. The van der Waals surface area contributed by atoms with Gasteiger partial charge in [0.2, 0.25) is 0 Å². The molecule has 2 aromatic heterocycles. The molecule has 8 rings (SSSR count). The van der Waals surface area contributed by atoms with E-state index in [1.165, 1.54) is 60.3 Å². The van der Waals surface area contributed by atoms with E-state index in [0.29, 0.717) is 0 Å². The Labute approximate surface area is 232 Å².